The molecule has 0 radical (unpaired) electrons. The van der Waals surface area contributed by atoms with E-state index in [4.69, 9.17) is 4.74 Å². The number of piperidine rings is 1. The summed E-state index contributed by atoms with van der Waals surface area (Å²) < 4.78 is 7.63. The Morgan fingerprint density at radius 2 is 2.35 bits per heavy atom. The van der Waals surface area contributed by atoms with Gasteiger partial charge in [-0.05, 0) is 19.1 Å². The van der Waals surface area contributed by atoms with Gasteiger partial charge in [0.15, 0.2) is 5.16 Å². The van der Waals surface area contributed by atoms with Gasteiger partial charge in [0.05, 0.1) is 25.0 Å². The molecular weight excluding hydrogens is 274 g/mol. The smallest absolute Gasteiger partial charge is 0.222 e. The Bertz CT molecular complexity index is 509. The second-order valence-electron chi connectivity index (χ2n) is 5.85. The minimum absolute atomic E-state index is 0.203. The van der Waals surface area contributed by atoms with Gasteiger partial charge in [-0.25, -0.2) is 4.98 Å². The number of carbonyl (C=O) groups is 1. The van der Waals surface area contributed by atoms with Crippen LogP contribution in [0.15, 0.2) is 11.4 Å². The van der Waals surface area contributed by atoms with Gasteiger partial charge < -0.3 is 14.2 Å². The lowest BCUT2D eigenvalue weighted by Gasteiger charge is -2.39. The molecule has 20 heavy (non-hydrogen) atoms. The zero-order valence-corrected chi connectivity index (χ0v) is 12.9. The van der Waals surface area contributed by atoms with E-state index in [1.54, 1.807) is 11.8 Å². The van der Waals surface area contributed by atoms with Gasteiger partial charge in [0.1, 0.15) is 0 Å². The van der Waals surface area contributed by atoms with Crippen LogP contribution in [0.25, 0.3) is 0 Å². The SMILES string of the molecule is CSc1ncc(CN2C[C@]3(CCOC3)CCC2=O)n1C. The van der Waals surface area contributed by atoms with Crippen LogP contribution in [0.4, 0.5) is 0 Å². The standard InChI is InChI=1S/C14H21N3O2S/c1-16-11(7-15-13(16)20-2)8-17-9-14(4-3-12(17)18)5-6-19-10-14/h7H,3-6,8-10H2,1-2H3/t14-/m1/s1. The van der Waals surface area contributed by atoms with Crippen molar-refractivity contribution in [3.63, 3.8) is 0 Å². The number of hydrogen-bond acceptors (Lipinski definition) is 4. The number of carbonyl (C=O) groups excluding carboxylic acids is 1. The molecule has 1 atom stereocenters. The lowest BCUT2D eigenvalue weighted by Crippen LogP contribution is -2.46. The summed E-state index contributed by atoms with van der Waals surface area (Å²) in [4.78, 5) is 18.5. The summed E-state index contributed by atoms with van der Waals surface area (Å²) in [6.45, 7) is 3.12. The van der Waals surface area contributed by atoms with Crippen LogP contribution in [-0.2, 0) is 23.1 Å². The van der Waals surface area contributed by atoms with E-state index in [-0.39, 0.29) is 11.3 Å². The second-order valence-corrected chi connectivity index (χ2v) is 6.62. The molecule has 0 unspecified atom stereocenters. The van der Waals surface area contributed by atoms with Crippen molar-refractivity contribution in [2.45, 2.75) is 31.0 Å². The molecule has 0 aliphatic carbocycles. The van der Waals surface area contributed by atoms with Gasteiger partial charge in [-0.1, -0.05) is 11.8 Å². The van der Waals surface area contributed by atoms with Crippen LogP contribution in [-0.4, -0.2) is 46.4 Å². The first-order valence-corrected chi connectivity index (χ1v) is 8.26. The lowest BCUT2D eigenvalue weighted by atomic mass is 9.79. The van der Waals surface area contributed by atoms with Gasteiger partial charge >= 0.3 is 0 Å². The summed E-state index contributed by atoms with van der Waals surface area (Å²) in [5, 5.41) is 0.989. The van der Waals surface area contributed by atoms with E-state index in [0.29, 0.717) is 13.0 Å². The van der Waals surface area contributed by atoms with Crippen LogP contribution in [0.2, 0.25) is 0 Å². The summed E-state index contributed by atoms with van der Waals surface area (Å²) >= 11 is 1.63. The maximum Gasteiger partial charge on any atom is 0.222 e. The Labute approximate surface area is 123 Å². The molecule has 0 N–H and O–H groups in total. The summed E-state index contributed by atoms with van der Waals surface area (Å²) in [7, 11) is 2.01. The molecule has 0 bridgehead atoms. The predicted molar refractivity (Wildman–Crippen MR) is 77.5 cm³/mol. The normalized spacial score (nSPS) is 26.7. The average molecular weight is 295 g/mol. The zero-order valence-electron chi connectivity index (χ0n) is 12.1. The number of rotatable bonds is 3. The zero-order chi connectivity index (χ0) is 14.2. The van der Waals surface area contributed by atoms with Crippen molar-refractivity contribution >= 4 is 17.7 Å². The summed E-state index contributed by atoms with van der Waals surface area (Å²) in [6, 6.07) is 0. The molecule has 1 aromatic rings. The molecule has 2 aliphatic rings. The quantitative estimate of drug-likeness (QED) is 0.796. The molecule has 6 heteroatoms. The average Bonchev–Trinajstić information content (AvgIpc) is 3.03. The fourth-order valence-corrected chi connectivity index (χ4v) is 3.72. The number of thioether (sulfide) groups is 1. The maximum absolute atomic E-state index is 12.2. The highest BCUT2D eigenvalue weighted by atomic mass is 32.2. The van der Waals surface area contributed by atoms with Crippen LogP contribution in [0.5, 0.6) is 0 Å². The largest absolute Gasteiger partial charge is 0.381 e. The number of aromatic nitrogens is 2. The molecule has 2 saturated heterocycles. The lowest BCUT2D eigenvalue weighted by molar-refractivity contribution is -0.138. The summed E-state index contributed by atoms with van der Waals surface area (Å²) in [6.07, 6.45) is 6.60. The molecule has 3 heterocycles. The predicted octanol–water partition coefficient (Wildman–Crippen LogP) is 1.67. The Morgan fingerprint density at radius 1 is 1.50 bits per heavy atom. The molecule has 1 amide bonds. The molecule has 0 saturated carbocycles. The first kappa shape index (κ1) is 13.9. The third-order valence-electron chi connectivity index (χ3n) is 4.51. The van der Waals surface area contributed by atoms with E-state index in [9.17, 15) is 4.79 Å². The molecule has 110 valence electrons. The van der Waals surface area contributed by atoms with Crippen molar-refractivity contribution in [2.24, 2.45) is 12.5 Å². The molecule has 0 aromatic carbocycles. The summed E-state index contributed by atoms with van der Waals surface area (Å²) in [5.74, 6) is 0.259. The highest BCUT2D eigenvalue weighted by Gasteiger charge is 2.41. The highest BCUT2D eigenvalue weighted by Crippen LogP contribution is 2.38. The fourth-order valence-electron chi connectivity index (χ4n) is 3.18. The van der Waals surface area contributed by atoms with Crippen molar-refractivity contribution in [3.8, 4) is 0 Å². The van der Waals surface area contributed by atoms with Crippen LogP contribution in [0.1, 0.15) is 25.0 Å². The first-order chi connectivity index (χ1) is 9.63. The van der Waals surface area contributed by atoms with Crippen LogP contribution in [0, 0.1) is 5.41 Å². The van der Waals surface area contributed by atoms with E-state index in [2.05, 4.69) is 9.55 Å². The van der Waals surface area contributed by atoms with E-state index in [1.165, 1.54) is 0 Å². The van der Waals surface area contributed by atoms with Gasteiger partial charge in [0.2, 0.25) is 5.91 Å². The monoisotopic (exact) mass is 295 g/mol. The molecule has 3 rings (SSSR count). The second kappa shape index (κ2) is 5.41. The topological polar surface area (TPSA) is 47.4 Å². The Kier molecular flexibility index (Phi) is 3.77. The van der Waals surface area contributed by atoms with Gasteiger partial charge in [0.25, 0.3) is 0 Å². The summed E-state index contributed by atoms with van der Waals surface area (Å²) in [5.41, 5.74) is 1.30. The van der Waals surface area contributed by atoms with E-state index in [0.717, 1.165) is 43.5 Å². The molecule has 2 aliphatic heterocycles. The molecule has 2 fully saturated rings. The van der Waals surface area contributed by atoms with Crippen molar-refractivity contribution in [2.75, 3.05) is 26.0 Å². The number of hydrogen-bond donors (Lipinski definition) is 0. The van der Waals surface area contributed by atoms with Gasteiger partial charge in [-0.2, -0.15) is 0 Å². The van der Waals surface area contributed by atoms with Crippen molar-refractivity contribution in [3.05, 3.63) is 11.9 Å². The van der Waals surface area contributed by atoms with E-state index < -0.39 is 0 Å². The Balaban J connectivity index is 1.74. The van der Waals surface area contributed by atoms with Crippen LogP contribution in [0.3, 0.4) is 0 Å². The highest BCUT2D eigenvalue weighted by molar-refractivity contribution is 7.98. The number of nitrogens with zero attached hydrogens (tertiary/aromatic N) is 3. The van der Waals surface area contributed by atoms with Crippen LogP contribution < -0.4 is 0 Å². The fraction of sp³-hybridized carbons (Fsp3) is 0.714. The van der Waals surface area contributed by atoms with E-state index in [1.807, 2.05) is 24.4 Å². The molecule has 1 aromatic heterocycles. The minimum atomic E-state index is 0.203. The van der Waals surface area contributed by atoms with Crippen LogP contribution >= 0.6 is 11.8 Å². The van der Waals surface area contributed by atoms with E-state index >= 15 is 0 Å². The number of ether oxygens (including phenoxy) is 1. The maximum atomic E-state index is 12.2. The minimum Gasteiger partial charge on any atom is -0.381 e. The molecular formula is C14H21N3O2S. The van der Waals surface area contributed by atoms with Gasteiger partial charge in [-0.3, -0.25) is 4.79 Å². The Hall–Kier alpha value is -1.01. The first-order valence-electron chi connectivity index (χ1n) is 7.04. The third kappa shape index (κ3) is 2.46. The van der Waals surface area contributed by atoms with Crippen molar-refractivity contribution in [1.82, 2.24) is 14.5 Å². The molecule has 1 spiro atoms. The number of imidazole rings is 1. The Morgan fingerprint density at radius 3 is 3.00 bits per heavy atom. The molecule has 5 nitrogen and oxygen atoms in total. The van der Waals surface area contributed by atoms with Crippen molar-refractivity contribution < 1.29 is 9.53 Å². The number of likely N-dealkylation sites (tertiary alicyclic amines) is 1. The van der Waals surface area contributed by atoms with Crippen molar-refractivity contribution in [1.29, 1.82) is 0 Å². The van der Waals surface area contributed by atoms with Gasteiger partial charge in [0, 0.05) is 32.0 Å². The number of amides is 1. The third-order valence-corrected chi connectivity index (χ3v) is 5.25. The van der Waals surface area contributed by atoms with Gasteiger partial charge in [-0.15, -0.1) is 0 Å².